The van der Waals surface area contributed by atoms with Gasteiger partial charge in [-0.15, -0.1) is 0 Å². The minimum absolute atomic E-state index is 0.00139. The second-order valence-electron chi connectivity index (χ2n) is 5.42. The Kier molecular flexibility index (Phi) is 2.41. The van der Waals surface area contributed by atoms with Gasteiger partial charge in [-0.1, -0.05) is 32.9 Å². The van der Waals surface area contributed by atoms with Gasteiger partial charge in [0.2, 0.25) is 5.91 Å². The highest BCUT2D eigenvalue weighted by Crippen LogP contribution is 2.39. The molecule has 1 atom stereocenters. The van der Waals surface area contributed by atoms with Crippen molar-refractivity contribution >= 4 is 11.6 Å². The molecule has 0 bridgehead atoms. The van der Waals surface area contributed by atoms with Crippen LogP contribution in [0, 0.1) is 11.3 Å². The molecule has 16 heavy (non-hydrogen) atoms. The lowest BCUT2D eigenvalue weighted by molar-refractivity contribution is -0.123. The zero-order chi connectivity index (χ0) is 11.9. The first kappa shape index (κ1) is 11.0. The zero-order valence-electron chi connectivity index (χ0n) is 9.87. The number of carbonyl (C=O) groups is 1. The van der Waals surface area contributed by atoms with Crippen LogP contribution >= 0.6 is 0 Å². The fourth-order valence-electron chi connectivity index (χ4n) is 2.12. The van der Waals surface area contributed by atoms with Crippen LogP contribution in [0.5, 0.6) is 5.75 Å². The lowest BCUT2D eigenvalue weighted by Gasteiger charge is -2.34. The quantitative estimate of drug-likeness (QED) is 0.659. The van der Waals surface area contributed by atoms with Gasteiger partial charge in [0.05, 0.1) is 5.69 Å². The second kappa shape index (κ2) is 3.51. The number of fused-ring (bicyclic) bond motifs is 1. The van der Waals surface area contributed by atoms with Gasteiger partial charge in [0, 0.05) is 5.92 Å². The monoisotopic (exact) mass is 219 g/mol. The van der Waals surface area contributed by atoms with Gasteiger partial charge in [0.25, 0.3) is 0 Å². The predicted octanol–water partition coefficient (Wildman–Crippen LogP) is 2.55. The van der Waals surface area contributed by atoms with E-state index in [9.17, 15) is 9.90 Å². The predicted molar refractivity (Wildman–Crippen MR) is 63.4 cm³/mol. The third kappa shape index (κ3) is 1.77. The minimum atomic E-state index is -0.0623. The number of hydrogen-bond donors (Lipinski definition) is 2. The minimum Gasteiger partial charge on any atom is -0.506 e. The maximum absolute atomic E-state index is 11.9. The van der Waals surface area contributed by atoms with Gasteiger partial charge in [0.1, 0.15) is 5.75 Å². The molecule has 0 saturated heterocycles. The van der Waals surface area contributed by atoms with E-state index in [2.05, 4.69) is 26.1 Å². The number of benzene rings is 1. The summed E-state index contributed by atoms with van der Waals surface area (Å²) in [5.41, 5.74) is 1.53. The van der Waals surface area contributed by atoms with Crippen molar-refractivity contribution in [2.75, 3.05) is 5.32 Å². The van der Waals surface area contributed by atoms with Gasteiger partial charge in [-0.25, -0.2) is 0 Å². The van der Waals surface area contributed by atoms with Crippen LogP contribution < -0.4 is 5.32 Å². The number of anilines is 1. The summed E-state index contributed by atoms with van der Waals surface area (Å²) in [7, 11) is 0. The van der Waals surface area contributed by atoms with Gasteiger partial charge in [-0.2, -0.15) is 0 Å². The van der Waals surface area contributed by atoms with Crippen molar-refractivity contribution in [1.82, 2.24) is 0 Å². The third-order valence-corrected chi connectivity index (χ3v) is 3.16. The van der Waals surface area contributed by atoms with E-state index < -0.39 is 0 Å². The molecule has 1 aromatic carbocycles. The van der Waals surface area contributed by atoms with Gasteiger partial charge < -0.3 is 10.4 Å². The second-order valence-corrected chi connectivity index (χ2v) is 5.42. The van der Waals surface area contributed by atoms with Crippen LogP contribution in [0.3, 0.4) is 0 Å². The first-order valence-electron chi connectivity index (χ1n) is 5.51. The van der Waals surface area contributed by atoms with E-state index in [0.29, 0.717) is 12.1 Å². The van der Waals surface area contributed by atoms with E-state index in [1.165, 1.54) is 0 Å². The normalized spacial score (nSPS) is 20.2. The number of phenolic OH excluding ortho intramolecular Hbond substituents is 1. The number of phenols is 1. The van der Waals surface area contributed by atoms with Crippen LogP contribution in [-0.2, 0) is 11.2 Å². The molecule has 0 aliphatic carbocycles. The Morgan fingerprint density at radius 2 is 2.06 bits per heavy atom. The van der Waals surface area contributed by atoms with Crippen LogP contribution in [0.15, 0.2) is 18.2 Å². The summed E-state index contributed by atoms with van der Waals surface area (Å²) in [6, 6.07) is 5.36. The van der Waals surface area contributed by atoms with Crippen molar-refractivity contribution in [2.45, 2.75) is 27.2 Å². The number of hydrogen-bond acceptors (Lipinski definition) is 2. The Bertz CT molecular complexity index is 432. The van der Waals surface area contributed by atoms with Gasteiger partial charge in [0.15, 0.2) is 0 Å². The van der Waals surface area contributed by atoms with E-state index in [4.69, 9.17) is 0 Å². The Balaban J connectivity index is 2.40. The van der Waals surface area contributed by atoms with Crippen LogP contribution in [0.2, 0.25) is 0 Å². The molecule has 0 radical (unpaired) electrons. The van der Waals surface area contributed by atoms with E-state index in [1.807, 2.05) is 12.1 Å². The summed E-state index contributed by atoms with van der Waals surface area (Å²) < 4.78 is 0. The van der Waals surface area contributed by atoms with Crippen molar-refractivity contribution in [2.24, 2.45) is 11.3 Å². The maximum Gasteiger partial charge on any atom is 0.228 e. The molecule has 0 spiro atoms. The number of nitrogens with one attached hydrogen (secondary N) is 1. The summed E-state index contributed by atoms with van der Waals surface area (Å²) in [6.45, 7) is 6.18. The highest BCUT2D eigenvalue weighted by molar-refractivity contribution is 5.97. The summed E-state index contributed by atoms with van der Waals surface area (Å²) in [5.74, 6) is 0.113. The van der Waals surface area contributed by atoms with E-state index in [0.717, 1.165) is 5.56 Å². The van der Waals surface area contributed by atoms with Crippen molar-refractivity contribution < 1.29 is 9.90 Å². The Morgan fingerprint density at radius 1 is 1.38 bits per heavy atom. The molecule has 1 aliphatic rings. The molecule has 0 aromatic heterocycles. The lowest BCUT2D eigenvalue weighted by atomic mass is 9.75. The molecular formula is C13H17NO2. The smallest absolute Gasteiger partial charge is 0.228 e. The topological polar surface area (TPSA) is 49.3 Å². The van der Waals surface area contributed by atoms with Crippen LogP contribution in [0.4, 0.5) is 5.69 Å². The molecule has 1 amide bonds. The maximum atomic E-state index is 11.9. The van der Waals surface area contributed by atoms with Crippen LogP contribution in [0.25, 0.3) is 0 Å². The SMILES string of the molecule is CC(C)(C)C1Cc2cccc(O)c2NC1=O. The molecule has 1 unspecified atom stereocenters. The summed E-state index contributed by atoms with van der Waals surface area (Å²) in [5, 5.41) is 12.4. The van der Waals surface area contributed by atoms with Crippen molar-refractivity contribution in [3.63, 3.8) is 0 Å². The van der Waals surface area contributed by atoms with E-state index in [-0.39, 0.29) is 23.0 Å². The molecule has 0 fully saturated rings. The average molecular weight is 219 g/mol. The molecule has 3 heteroatoms. The molecule has 2 rings (SSSR count). The number of aromatic hydroxyl groups is 1. The first-order valence-corrected chi connectivity index (χ1v) is 5.51. The van der Waals surface area contributed by atoms with Crippen molar-refractivity contribution in [3.05, 3.63) is 23.8 Å². The fourth-order valence-corrected chi connectivity index (χ4v) is 2.12. The molecule has 3 nitrogen and oxygen atoms in total. The van der Waals surface area contributed by atoms with Gasteiger partial charge >= 0.3 is 0 Å². The van der Waals surface area contributed by atoms with Crippen LogP contribution in [-0.4, -0.2) is 11.0 Å². The largest absolute Gasteiger partial charge is 0.506 e. The molecule has 1 aliphatic heterocycles. The molecular weight excluding hydrogens is 202 g/mol. The number of rotatable bonds is 0. The van der Waals surface area contributed by atoms with E-state index >= 15 is 0 Å². The number of para-hydroxylation sites is 1. The molecule has 86 valence electrons. The van der Waals surface area contributed by atoms with Crippen LogP contribution in [0.1, 0.15) is 26.3 Å². The molecule has 2 N–H and O–H groups in total. The zero-order valence-corrected chi connectivity index (χ0v) is 9.87. The van der Waals surface area contributed by atoms with Gasteiger partial charge in [-0.3, -0.25) is 4.79 Å². The number of amides is 1. The average Bonchev–Trinajstić information content (AvgIpc) is 2.17. The van der Waals surface area contributed by atoms with Crippen molar-refractivity contribution in [1.29, 1.82) is 0 Å². The highest BCUT2D eigenvalue weighted by atomic mass is 16.3. The van der Waals surface area contributed by atoms with E-state index in [1.54, 1.807) is 6.07 Å². The summed E-state index contributed by atoms with van der Waals surface area (Å²) in [6.07, 6.45) is 0.694. The Morgan fingerprint density at radius 3 is 2.69 bits per heavy atom. The first-order chi connectivity index (χ1) is 7.39. The molecule has 0 saturated carbocycles. The third-order valence-electron chi connectivity index (χ3n) is 3.16. The number of carbonyl (C=O) groups excluding carboxylic acids is 1. The molecule has 1 heterocycles. The standard InChI is InChI=1S/C13H17NO2/c1-13(2,3)9-7-8-5-4-6-10(15)11(8)14-12(9)16/h4-6,9,15H,7H2,1-3H3,(H,14,16). The highest BCUT2D eigenvalue weighted by Gasteiger charge is 2.35. The Labute approximate surface area is 95.5 Å². The van der Waals surface area contributed by atoms with Crippen molar-refractivity contribution in [3.8, 4) is 5.75 Å². The summed E-state index contributed by atoms with van der Waals surface area (Å²) in [4.78, 5) is 11.9. The Hall–Kier alpha value is -1.51. The lowest BCUT2D eigenvalue weighted by Crippen LogP contribution is -2.38. The summed E-state index contributed by atoms with van der Waals surface area (Å²) >= 11 is 0. The fraction of sp³-hybridized carbons (Fsp3) is 0.462. The molecule has 1 aromatic rings. The van der Waals surface area contributed by atoms with Gasteiger partial charge in [-0.05, 0) is 23.5 Å².